The van der Waals surface area contributed by atoms with E-state index in [1.54, 1.807) is 18.3 Å². The summed E-state index contributed by atoms with van der Waals surface area (Å²) < 4.78 is 15.1. The molecule has 0 spiro atoms. The minimum absolute atomic E-state index is 0.151. The third-order valence-electron chi connectivity index (χ3n) is 2.87. The number of hydrogen-bond acceptors (Lipinski definition) is 2. The number of benzene rings is 1. The van der Waals surface area contributed by atoms with Crippen LogP contribution in [0.4, 0.5) is 10.3 Å². The van der Waals surface area contributed by atoms with Crippen molar-refractivity contribution in [1.82, 2.24) is 9.55 Å². The van der Waals surface area contributed by atoms with Crippen LogP contribution >= 0.6 is 11.6 Å². The molecule has 1 heterocycles. The van der Waals surface area contributed by atoms with E-state index in [0.717, 1.165) is 30.9 Å². The summed E-state index contributed by atoms with van der Waals surface area (Å²) in [4.78, 5) is 4.27. The zero-order chi connectivity index (χ0) is 13.7. The second kappa shape index (κ2) is 6.57. The van der Waals surface area contributed by atoms with Gasteiger partial charge in [0.1, 0.15) is 5.82 Å². The van der Waals surface area contributed by atoms with Crippen LogP contribution in [0.5, 0.6) is 0 Å². The lowest BCUT2D eigenvalue weighted by Gasteiger charge is -2.10. The van der Waals surface area contributed by atoms with Crippen LogP contribution in [-0.4, -0.2) is 16.1 Å². The number of halogens is 2. The van der Waals surface area contributed by atoms with Crippen molar-refractivity contribution in [2.24, 2.45) is 0 Å². The molecule has 1 aromatic heterocycles. The SMILES string of the molecule is CCCCNc1nccn1Cc1ccc(F)c(Cl)c1. The van der Waals surface area contributed by atoms with Crippen LogP contribution in [-0.2, 0) is 6.54 Å². The van der Waals surface area contributed by atoms with Crippen LogP contribution < -0.4 is 5.32 Å². The van der Waals surface area contributed by atoms with Crippen LogP contribution in [0.1, 0.15) is 25.3 Å². The number of rotatable bonds is 6. The number of nitrogens with one attached hydrogen (secondary N) is 1. The van der Waals surface area contributed by atoms with E-state index in [4.69, 9.17) is 11.6 Å². The van der Waals surface area contributed by atoms with E-state index in [-0.39, 0.29) is 5.02 Å². The van der Waals surface area contributed by atoms with E-state index >= 15 is 0 Å². The highest BCUT2D eigenvalue weighted by Crippen LogP contribution is 2.18. The summed E-state index contributed by atoms with van der Waals surface area (Å²) in [5.41, 5.74) is 0.947. The molecule has 0 aliphatic carbocycles. The van der Waals surface area contributed by atoms with Gasteiger partial charge in [0.15, 0.2) is 0 Å². The Balaban J connectivity index is 2.06. The molecule has 0 radical (unpaired) electrons. The van der Waals surface area contributed by atoms with Gasteiger partial charge in [0.05, 0.1) is 11.6 Å². The van der Waals surface area contributed by atoms with Crippen molar-refractivity contribution in [2.45, 2.75) is 26.3 Å². The van der Waals surface area contributed by atoms with Gasteiger partial charge in [0, 0.05) is 18.9 Å². The van der Waals surface area contributed by atoms with Gasteiger partial charge in [0.25, 0.3) is 0 Å². The number of imidazole rings is 1. The monoisotopic (exact) mass is 281 g/mol. The minimum Gasteiger partial charge on any atom is -0.356 e. The van der Waals surface area contributed by atoms with E-state index in [1.165, 1.54) is 6.07 Å². The van der Waals surface area contributed by atoms with Gasteiger partial charge in [-0.1, -0.05) is 31.0 Å². The standard InChI is InChI=1S/C14H17ClFN3/c1-2-3-6-17-14-18-7-8-19(14)10-11-4-5-13(16)12(15)9-11/h4-5,7-9H,2-3,6,10H2,1H3,(H,17,18). The Hall–Kier alpha value is -1.55. The molecule has 0 saturated heterocycles. The summed E-state index contributed by atoms with van der Waals surface area (Å²) in [6.07, 6.45) is 5.89. The second-order valence-corrected chi connectivity index (χ2v) is 4.81. The van der Waals surface area contributed by atoms with Gasteiger partial charge in [-0.05, 0) is 24.1 Å². The van der Waals surface area contributed by atoms with Gasteiger partial charge in [-0.2, -0.15) is 0 Å². The average Bonchev–Trinajstić information content (AvgIpc) is 2.82. The van der Waals surface area contributed by atoms with Crippen molar-refractivity contribution < 1.29 is 4.39 Å². The summed E-state index contributed by atoms with van der Waals surface area (Å²) in [6, 6.07) is 4.77. The highest BCUT2D eigenvalue weighted by molar-refractivity contribution is 6.30. The topological polar surface area (TPSA) is 29.9 Å². The lowest BCUT2D eigenvalue weighted by Crippen LogP contribution is -2.09. The minimum atomic E-state index is -0.391. The third-order valence-corrected chi connectivity index (χ3v) is 3.16. The lowest BCUT2D eigenvalue weighted by atomic mass is 10.2. The highest BCUT2D eigenvalue weighted by Gasteiger charge is 2.05. The maximum Gasteiger partial charge on any atom is 0.203 e. The summed E-state index contributed by atoms with van der Waals surface area (Å²) in [7, 11) is 0. The molecule has 0 bridgehead atoms. The van der Waals surface area contributed by atoms with Crippen molar-refractivity contribution in [3.63, 3.8) is 0 Å². The van der Waals surface area contributed by atoms with Gasteiger partial charge in [-0.25, -0.2) is 9.37 Å². The van der Waals surface area contributed by atoms with Crippen LogP contribution in [0, 0.1) is 5.82 Å². The van der Waals surface area contributed by atoms with Gasteiger partial charge in [0.2, 0.25) is 5.95 Å². The van der Waals surface area contributed by atoms with Crippen molar-refractivity contribution in [1.29, 1.82) is 0 Å². The van der Waals surface area contributed by atoms with Gasteiger partial charge in [-0.3, -0.25) is 0 Å². The Morgan fingerprint density at radius 1 is 1.42 bits per heavy atom. The first kappa shape index (κ1) is 13.9. The molecule has 2 aromatic rings. The Kier molecular flexibility index (Phi) is 4.80. The first-order chi connectivity index (χ1) is 9.20. The van der Waals surface area contributed by atoms with Gasteiger partial charge in [-0.15, -0.1) is 0 Å². The normalized spacial score (nSPS) is 10.7. The van der Waals surface area contributed by atoms with Crippen molar-refractivity contribution >= 4 is 17.5 Å². The van der Waals surface area contributed by atoms with E-state index in [9.17, 15) is 4.39 Å². The smallest absolute Gasteiger partial charge is 0.203 e. The second-order valence-electron chi connectivity index (χ2n) is 4.41. The molecule has 102 valence electrons. The molecule has 0 unspecified atom stereocenters. The van der Waals surface area contributed by atoms with Crippen molar-refractivity contribution in [3.05, 3.63) is 47.0 Å². The van der Waals surface area contributed by atoms with Gasteiger partial charge >= 0.3 is 0 Å². The Morgan fingerprint density at radius 2 is 2.26 bits per heavy atom. The molecule has 19 heavy (non-hydrogen) atoms. The first-order valence-corrected chi connectivity index (χ1v) is 6.77. The number of hydrogen-bond donors (Lipinski definition) is 1. The average molecular weight is 282 g/mol. The third kappa shape index (κ3) is 3.70. The predicted octanol–water partition coefficient (Wildman–Crippen LogP) is 3.94. The zero-order valence-corrected chi connectivity index (χ0v) is 11.6. The fourth-order valence-electron chi connectivity index (χ4n) is 1.82. The van der Waals surface area contributed by atoms with E-state index < -0.39 is 5.82 Å². The molecular formula is C14H17ClFN3. The molecular weight excluding hydrogens is 265 g/mol. The summed E-state index contributed by atoms with van der Waals surface area (Å²) >= 11 is 5.78. The first-order valence-electron chi connectivity index (χ1n) is 6.39. The molecule has 0 fully saturated rings. The summed E-state index contributed by atoms with van der Waals surface area (Å²) in [5.74, 6) is 0.436. The molecule has 0 atom stereocenters. The summed E-state index contributed by atoms with van der Waals surface area (Å²) in [5, 5.41) is 3.44. The largest absolute Gasteiger partial charge is 0.356 e. The summed E-state index contributed by atoms with van der Waals surface area (Å²) in [6.45, 7) is 3.67. The van der Waals surface area contributed by atoms with Crippen LogP contribution in [0.3, 0.4) is 0 Å². The molecule has 1 N–H and O–H groups in total. The zero-order valence-electron chi connectivity index (χ0n) is 10.9. The molecule has 1 aromatic carbocycles. The quantitative estimate of drug-likeness (QED) is 0.813. The number of aromatic nitrogens is 2. The molecule has 0 amide bonds. The molecule has 5 heteroatoms. The van der Waals surface area contributed by atoms with Crippen LogP contribution in [0.2, 0.25) is 5.02 Å². The predicted molar refractivity (Wildman–Crippen MR) is 76.1 cm³/mol. The fraction of sp³-hybridized carbons (Fsp3) is 0.357. The maximum atomic E-state index is 13.1. The molecule has 2 rings (SSSR count). The van der Waals surface area contributed by atoms with Crippen LogP contribution in [0.15, 0.2) is 30.6 Å². The molecule has 3 nitrogen and oxygen atoms in total. The van der Waals surface area contributed by atoms with Gasteiger partial charge < -0.3 is 9.88 Å². The lowest BCUT2D eigenvalue weighted by molar-refractivity contribution is 0.626. The van der Waals surface area contributed by atoms with Crippen molar-refractivity contribution in [2.75, 3.05) is 11.9 Å². The van der Waals surface area contributed by atoms with E-state index in [0.29, 0.717) is 6.54 Å². The molecule has 0 aliphatic rings. The molecule has 0 saturated carbocycles. The number of nitrogens with zero attached hydrogens (tertiary/aromatic N) is 2. The van der Waals surface area contributed by atoms with Crippen LogP contribution in [0.25, 0.3) is 0 Å². The number of anilines is 1. The highest BCUT2D eigenvalue weighted by atomic mass is 35.5. The van der Waals surface area contributed by atoms with E-state index in [1.807, 2.05) is 10.8 Å². The Bertz CT molecular complexity index is 539. The van der Waals surface area contributed by atoms with E-state index in [2.05, 4.69) is 17.2 Å². The fourth-order valence-corrected chi connectivity index (χ4v) is 2.02. The van der Waals surface area contributed by atoms with Crippen molar-refractivity contribution in [3.8, 4) is 0 Å². The number of unbranched alkanes of at least 4 members (excludes halogenated alkanes) is 1. The maximum absolute atomic E-state index is 13.1. The Morgan fingerprint density at radius 3 is 3.00 bits per heavy atom. The molecule has 0 aliphatic heterocycles. The Labute approximate surface area is 117 Å².